The highest BCUT2D eigenvalue weighted by atomic mass is 16.5. The SMILES string of the molecule is CN1C(=O)CCC(NC(=O)COCCN)C1=O. The van der Waals surface area contributed by atoms with Crippen molar-refractivity contribution in [2.75, 3.05) is 26.8 Å². The summed E-state index contributed by atoms with van der Waals surface area (Å²) < 4.78 is 4.94. The van der Waals surface area contributed by atoms with Crippen LogP contribution in [0.4, 0.5) is 0 Å². The number of amides is 3. The first-order valence-corrected chi connectivity index (χ1v) is 5.44. The zero-order valence-corrected chi connectivity index (χ0v) is 9.77. The average molecular weight is 243 g/mol. The lowest BCUT2D eigenvalue weighted by Gasteiger charge is -2.28. The van der Waals surface area contributed by atoms with E-state index < -0.39 is 6.04 Å². The molecule has 0 bridgehead atoms. The minimum atomic E-state index is -0.633. The molecular formula is C10H17N3O4. The summed E-state index contributed by atoms with van der Waals surface area (Å²) >= 11 is 0. The first-order chi connectivity index (χ1) is 8.06. The Bertz CT molecular complexity index is 319. The summed E-state index contributed by atoms with van der Waals surface area (Å²) in [6.45, 7) is 0.510. The molecule has 17 heavy (non-hydrogen) atoms. The van der Waals surface area contributed by atoms with Gasteiger partial charge in [0, 0.05) is 20.0 Å². The smallest absolute Gasteiger partial charge is 0.251 e. The van der Waals surface area contributed by atoms with Crippen molar-refractivity contribution in [3.05, 3.63) is 0 Å². The van der Waals surface area contributed by atoms with Gasteiger partial charge in [0.15, 0.2) is 0 Å². The van der Waals surface area contributed by atoms with Crippen molar-refractivity contribution in [1.29, 1.82) is 0 Å². The number of rotatable bonds is 5. The molecule has 0 aromatic heterocycles. The predicted octanol–water partition coefficient (Wildman–Crippen LogP) is -1.77. The number of nitrogens with two attached hydrogens (primary N) is 1. The summed E-state index contributed by atoms with van der Waals surface area (Å²) in [5.41, 5.74) is 5.20. The summed E-state index contributed by atoms with van der Waals surface area (Å²) in [6.07, 6.45) is 0.599. The second-order valence-corrected chi connectivity index (χ2v) is 3.79. The first-order valence-electron chi connectivity index (χ1n) is 5.44. The third kappa shape index (κ3) is 3.79. The summed E-state index contributed by atoms with van der Waals surface area (Å²) in [7, 11) is 1.41. The van der Waals surface area contributed by atoms with E-state index in [0.717, 1.165) is 4.90 Å². The largest absolute Gasteiger partial charge is 0.370 e. The number of nitrogens with one attached hydrogen (secondary N) is 1. The van der Waals surface area contributed by atoms with E-state index in [9.17, 15) is 14.4 Å². The van der Waals surface area contributed by atoms with Crippen LogP contribution < -0.4 is 11.1 Å². The minimum Gasteiger partial charge on any atom is -0.370 e. The second kappa shape index (κ2) is 6.31. The molecule has 0 aliphatic carbocycles. The second-order valence-electron chi connectivity index (χ2n) is 3.79. The molecule has 3 amide bonds. The van der Waals surface area contributed by atoms with E-state index in [0.29, 0.717) is 19.6 Å². The van der Waals surface area contributed by atoms with Gasteiger partial charge in [0.25, 0.3) is 5.91 Å². The number of nitrogens with zero attached hydrogens (tertiary/aromatic N) is 1. The van der Waals surface area contributed by atoms with Gasteiger partial charge in [0.1, 0.15) is 12.6 Å². The number of carbonyl (C=O) groups is 3. The van der Waals surface area contributed by atoms with E-state index in [1.54, 1.807) is 0 Å². The van der Waals surface area contributed by atoms with Crippen molar-refractivity contribution in [2.24, 2.45) is 5.73 Å². The van der Waals surface area contributed by atoms with Crippen LogP contribution in [0.1, 0.15) is 12.8 Å². The molecule has 3 N–H and O–H groups in total. The fourth-order valence-electron chi connectivity index (χ4n) is 1.53. The average Bonchev–Trinajstić information content (AvgIpc) is 2.30. The van der Waals surface area contributed by atoms with Crippen LogP contribution in [-0.4, -0.2) is 55.5 Å². The third-order valence-electron chi connectivity index (χ3n) is 2.48. The summed E-state index contributed by atoms with van der Waals surface area (Å²) in [6, 6.07) is -0.633. The van der Waals surface area contributed by atoms with Crippen molar-refractivity contribution in [1.82, 2.24) is 10.2 Å². The summed E-state index contributed by atoms with van der Waals surface area (Å²) in [4.78, 5) is 35.3. The first kappa shape index (κ1) is 13.6. The van der Waals surface area contributed by atoms with Gasteiger partial charge in [0.2, 0.25) is 11.8 Å². The highest BCUT2D eigenvalue weighted by Crippen LogP contribution is 2.11. The third-order valence-corrected chi connectivity index (χ3v) is 2.48. The molecule has 1 fully saturated rings. The van der Waals surface area contributed by atoms with Crippen LogP contribution in [0.2, 0.25) is 0 Å². The van der Waals surface area contributed by atoms with E-state index in [2.05, 4.69) is 5.32 Å². The number of hydrogen-bond acceptors (Lipinski definition) is 5. The Morgan fingerprint density at radius 1 is 1.59 bits per heavy atom. The lowest BCUT2D eigenvalue weighted by molar-refractivity contribution is -0.149. The molecule has 7 nitrogen and oxygen atoms in total. The van der Waals surface area contributed by atoms with Crippen molar-refractivity contribution >= 4 is 17.7 Å². The maximum absolute atomic E-state index is 11.6. The summed E-state index contributed by atoms with van der Waals surface area (Å²) in [5, 5.41) is 2.53. The van der Waals surface area contributed by atoms with E-state index in [4.69, 9.17) is 10.5 Å². The Labute approximate surface area is 99.3 Å². The quantitative estimate of drug-likeness (QED) is 0.439. The summed E-state index contributed by atoms with van der Waals surface area (Å²) in [5.74, 6) is -0.979. The zero-order valence-electron chi connectivity index (χ0n) is 9.77. The van der Waals surface area contributed by atoms with Gasteiger partial charge in [-0.15, -0.1) is 0 Å². The van der Waals surface area contributed by atoms with Crippen LogP contribution in [0, 0.1) is 0 Å². The minimum absolute atomic E-state index is 0.126. The lowest BCUT2D eigenvalue weighted by atomic mass is 10.0. The highest BCUT2D eigenvalue weighted by molar-refractivity contribution is 6.01. The number of carbonyl (C=O) groups excluding carboxylic acids is 3. The van der Waals surface area contributed by atoms with Gasteiger partial charge < -0.3 is 15.8 Å². The van der Waals surface area contributed by atoms with Crippen LogP contribution in [-0.2, 0) is 19.1 Å². The molecule has 0 aromatic rings. The van der Waals surface area contributed by atoms with Crippen molar-refractivity contribution in [3.63, 3.8) is 0 Å². The normalized spacial score (nSPS) is 20.6. The number of imide groups is 1. The highest BCUT2D eigenvalue weighted by Gasteiger charge is 2.32. The number of piperidine rings is 1. The van der Waals surface area contributed by atoms with Crippen molar-refractivity contribution in [3.8, 4) is 0 Å². The van der Waals surface area contributed by atoms with Gasteiger partial charge in [-0.3, -0.25) is 19.3 Å². The molecule has 0 radical (unpaired) electrons. The van der Waals surface area contributed by atoms with Gasteiger partial charge in [-0.05, 0) is 6.42 Å². The Morgan fingerprint density at radius 2 is 2.29 bits per heavy atom. The molecule has 0 aromatic carbocycles. The van der Waals surface area contributed by atoms with Gasteiger partial charge in [0.05, 0.1) is 6.61 Å². The fraction of sp³-hybridized carbons (Fsp3) is 0.700. The molecular weight excluding hydrogens is 226 g/mol. The number of likely N-dealkylation sites (N-methyl/N-ethyl adjacent to an activating group) is 1. The van der Waals surface area contributed by atoms with Crippen LogP contribution in [0.25, 0.3) is 0 Å². The topological polar surface area (TPSA) is 102 Å². The molecule has 1 heterocycles. The molecule has 0 saturated carbocycles. The van der Waals surface area contributed by atoms with E-state index in [1.807, 2.05) is 0 Å². The van der Waals surface area contributed by atoms with E-state index >= 15 is 0 Å². The van der Waals surface area contributed by atoms with Gasteiger partial charge >= 0.3 is 0 Å². The van der Waals surface area contributed by atoms with Crippen molar-refractivity contribution < 1.29 is 19.1 Å². The van der Waals surface area contributed by atoms with Gasteiger partial charge in [-0.25, -0.2) is 0 Å². The standard InChI is InChI=1S/C10H17N3O4/c1-13-9(15)3-2-7(10(13)16)12-8(14)6-17-5-4-11/h7H,2-6,11H2,1H3,(H,12,14). The zero-order chi connectivity index (χ0) is 12.8. The molecule has 7 heteroatoms. The van der Waals surface area contributed by atoms with Gasteiger partial charge in [-0.1, -0.05) is 0 Å². The van der Waals surface area contributed by atoms with Crippen LogP contribution in [0.3, 0.4) is 0 Å². The Hall–Kier alpha value is -1.47. The number of hydrogen-bond donors (Lipinski definition) is 2. The molecule has 1 rings (SSSR count). The number of ether oxygens (including phenoxy) is 1. The fourth-order valence-corrected chi connectivity index (χ4v) is 1.53. The molecule has 96 valence electrons. The predicted molar refractivity (Wildman–Crippen MR) is 58.8 cm³/mol. The lowest BCUT2D eigenvalue weighted by Crippen LogP contribution is -2.53. The number of likely N-dealkylation sites (tertiary alicyclic amines) is 1. The molecule has 1 aliphatic heterocycles. The molecule has 0 spiro atoms. The van der Waals surface area contributed by atoms with E-state index in [1.165, 1.54) is 7.05 Å². The Kier molecular flexibility index (Phi) is 5.05. The molecule has 1 aliphatic rings. The maximum atomic E-state index is 11.6. The molecule has 1 saturated heterocycles. The maximum Gasteiger partial charge on any atom is 0.251 e. The van der Waals surface area contributed by atoms with Crippen LogP contribution >= 0.6 is 0 Å². The molecule has 1 atom stereocenters. The van der Waals surface area contributed by atoms with Crippen LogP contribution in [0.15, 0.2) is 0 Å². The van der Waals surface area contributed by atoms with Crippen molar-refractivity contribution in [2.45, 2.75) is 18.9 Å². The monoisotopic (exact) mass is 243 g/mol. The van der Waals surface area contributed by atoms with E-state index in [-0.39, 0.29) is 30.7 Å². The van der Waals surface area contributed by atoms with Crippen LogP contribution in [0.5, 0.6) is 0 Å². The Balaban J connectivity index is 2.38. The Morgan fingerprint density at radius 3 is 2.94 bits per heavy atom. The van der Waals surface area contributed by atoms with Gasteiger partial charge in [-0.2, -0.15) is 0 Å². The molecule has 1 unspecified atom stereocenters.